The summed E-state index contributed by atoms with van der Waals surface area (Å²) in [5.41, 5.74) is 2.88. The fraction of sp³-hybridized carbons (Fsp3) is 0.0625. The molecule has 5 heteroatoms. The first kappa shape index (κ1) is 13.1. The highest BCUT2D eigenvalue weighted by Gasteiger charge is 2.10. The van der Waals surface area contributed by atoms with Crippen molar-refractivity contribution in [3.05, 3.63) is 60.6 Å². The molecule has 3 rings (SSSR count). The second-order valence-electron chi connectivity index (χ2n) is 4.54. The third-order valence-electron chi connectivity index (χ3n) is 3.20. The van der Waals surface area contributed by atoms with Crippen molar-refractivity contribution in [1.29, 1.82) is 0 Å². The standard InChI is InChI=1S/C16H14N4O/c1-17-15-10-18-8-6-13(15)16(21)20-12-4-5-14-11(9-12)3-2-7-19-14/h2-10,17H,1H3,(H,20,21). The number of pyridine rings is 2. The molecular formula is C16H14N4O. The van der Waals surface area contributed by atoms with Crippen molar-refractivity contribution in [2.24, 2.45) is 0 Å². The highest BCUT2D eigenvalue weighted by atomic mass is 16.1. The molecule has 2 heterocycles. The molecule has 0 radical (unpaired) electrons. The topological polar surface area (TPSA) is 66.9 Å². The Hall–Kier alpha value is -2.95. The number of fused-ring (bicyclic) bond motifs is 1. The van der Waals surface area contributed by atoms with Gasteiger partial charge < -0.3 is 10.6 Å². The number of hydrogen-bond donors (Lipinski definition) is 2. The zero-order valence-corrected chi connectivity index (χ0v) is 11.5. The largest absolute Gasteiger partial charge is 0.386 e. The number of benzene rings is 1. The normalized spacial score (nSPS) is 10.3. The van der Waals surface area contributed by atoms with Crippen LogP contribution in [0.5, 0.6) is 0 Å². The smallest absolute Gasteiger partial charge is 0.257 e. The number of anilines is 2. The van der Waals surface area contributed by atoms with Crippen LogP contribution >= 0.6 is 0 Å². The van der Waals surface area contributed by atoms with Crippen LogP contribution in [-0.4, -0.2) is 22.9 Å². The summed E-state index contributed by atoms with van der Waals surface area (Å²) in [6.07, 6.45) is 4.97. The minimum Gasteiger partial charge on any atom is -0.386 e. The molecule has 0 spiro atoms. The Labute approximate surface area is 122 Å². The Bertz CT molecular complexity index is 801. The molecular weight excluding hydrogens is 264 g/mol. The summed E-state index contributed by atoms with van der Waals surface area (Å²) >= 11 is 0. The first-order chi connectivity index (χ1) is 10.3. The van der Waals surface area contributed by atoms with Gasteiger partial charge in [0.1, 0.15) is 0 Å². The van der Waals surface area contributed by atoms with Crippen molar-refractivity contribution in [1.82, 2.24) is 9.97 Å². The summed E-state index contributed by atoms with van der Waals surface area (Å²) in [4.78, 5) is 20.6. The van der Waals surface area contributed by atoms with Crippen LogP contribution in [-0.2, 0) is 0 Å². The third kappa shape index (κ3) is 2.67. The highest BCUT2D eigenvalue weighted by Crippen LogP contribution is 2.19. The van der Waals surface area contributed by atoms with Crippen LogP contribution in [0.25, 0.3) is 10.9 Å². The van der Waals surface area contributed by atoms with Crippen LogP contribution in [0.4, 0.5) is 11.4 Å². The zero-order valence-electron chi connectivity index (χ0n) is 11.5. The molecule has 3 aromatic rings. The number of amides is 1. The third-order valence-corrected chi connectivity index (χ3v) is 3.20. The SMILES string of the molecule is CNc1cnccc1C(=O)Nc1ccc2ncccc2c1. The van der Waals surface area contributed by atoms with Gasteiger partial charge in [0.05, 0.1) is 23.0 Å². The molecule has 2 aromatic heterocycles. The lowest BCUT2D eigenvalue weighted by Crippen LogP contribution is -2.14. The van der Waals surface area contributed by atoms with Crippen LogP contribution in [0.15, 0.2) is 55.0 Å². The number of nitrogens with zero attached hydrogens (tertiary/aromatic N) is 2. The van der Waals surface area contributed by atoms with E-state index in [2.05, 4.69) is 20.6 Å². The van der Waals surface area contributed by atoms with Crippen molar-refractivity contribution in [3.63, 3.8) is 0 Å². The number of carbonyl (C=O) groups is 1. The second kappa shape index (κ2) is 5.58. The lowest BCUT2D eigenvalue weighted by Gasteiger charge is -2.09. The van der Waals surface area contributed by atoms with Crippen LogP contribution in [0.2, 0.25) is 0 Å². The Balaban J connectivity index is 1.89. The molecule has 0 aliphatic carbocycles. The summed E-state index contributed by atoms with van der Waals surface area (Å²) in [6, 6.07) is 11.1. The molecule has 2 N–H and O–H groups in total. The number of aromatic nitrogens is 2. The average molecular weight is 278 g/mol. The average Bonchev–Trinajstić information content (AvgIpc) is 2.54. The summed E-state index contributed by atoms with van der Waals surface area (Å²) in [5, 5.41) is 6.83. The molecule has 0 saturated carbocycles. The van der Waals surface area contributed by atoms with Gasteiger partial charge in [-0.15, -0.1) is 0 Å². The maximum absolute atomic E-state index is 12.3. The maximum Gasteiger partial charge on any atom is 0.257 e. The number of hydrogen-bond acceptors (Lipinski definition) is 4. The van der Waals surface area contributed by atoms with Gasteiger partial charge >= 0.3 is 0 Å². The number of nitrogens with one attached hydrogen (secondary N) is 2. The molecule has 0 fully saturated rings. The van der Waals surface area contributed by atoms with E-state index in [1.165, 1.54) is 0 Å². The summed E-state index contributed by atoms with van der Waals surface area (Å²) in [6.45, 7) is 0. The predicted molar refractivity (Wildman–Crippen MR) is 83.5 cm³/mol. The van der Waals surface area contributed by atoms with Crippen LogP contribution in [0.1, 0.15) is 10.4 Å². The molecule has 0 atom stereocenters. The molecule has 104 valence electrons. The highest BCUT2D eigenvalue weighted by molar-refractivity contribution is 6.08. The quantitative estimate of drug-likeness (QED) is 0.773. The van der Waals surface area contributed by atoms with Crippen LogP contribution in [0.3, 0.4) is 0 Å². The zero-order chi connectivity index (χ0) is 14.7. The van der Waals surface area contributed by atoms with Gasteiger partial charge in [-0.2, -0.15) is 0 Å². The van der Waals surface area contributed by atoms with Gasteiger partial charge in [-0.25, -0.2) is 0 Å². The van der Waals surface area contributed by atoms with Gasteiger partial charge in [-0.05, 0) is 30.3 Å². The Morgan fingerprint density at radius 1 is 1.14 bits per heavy atom. The maximum atomic E-state index is 12.3. The van der Waals surface area contributed by atoms with E-state index in [1.54, 1.807) is 31.7 Å². The van der Waals surface area contributed by atoms with Gasteiger partial charge in [0, 0.05) is 30.5 Å². The lowest BCUT2D eigenvalue weighted by atomic mass is 10.1. The van der Waals surface area contributed by atoms with Crippen molar-refractivity contribution >= 4 is 28.2 Å². The van der Waals surface area contributed by atoms with E-state index in [-0.39, 0.29) is 5.91 Å². The van der Waals surface area contributed by atoms with E-state index in [4.69, 9.17) is 0 Å². The van der Waals surface area contributed by atoms with E-state index >= 15 is 0 Å². The van der Waals surface area contributed by atoms with Crippen molar-refractivity contribution in [2.75, 3.05) is 17.7 Å². The number of rotatable bonds is 3. The summed E-state index contributed by atoms with van der Waals surface area (Å²) < 4.78 is 0. The minimum absolute atomic E-state index is 0.176. The van der Waals surface area contributed by atoms with Gasteiger partial charge in [0.15, 0.2) is 0 Å². The fourth-order valence-corrected chi connectivity index (χ4v) is 2.14. The molecule has 0 bridgehead atoms. The monoisotopic (exact) mass is 278 g/mol. The summed E-state index contributed by atoms with van der Waals surface area (Å²) in [5.74, 6) is -0.176. The summed E-state index contributed by atoms with van der Waals surface area (Å²) in [7, 11) is 1.76. The van der Waals surface area contributed by atoms with E-state index < -0.39 is 0 Å². The van der Waals surface area contributed by atoms with Crippen LogP contribution in [0, 0.1) is 0 Å². The van der Waals surface area contributed by atoms with Crippen molar-refractivity contribution in [2.45, 2.75) is 0 Å². The van der Waals surface area contributed by atoms with Crippen molar-refractivity contribution in [3.8, 4) is 0 Å². The fourth-order valence-electron chi connectivity index (χ4n) is 2.14. The van der Waals surface area contributed by atoms with Gasteiger partial charge in [-0.1, -0.05) is 6.07 Å². The predicted octanol–water partition coefficient (Wildman–Crippen LogP) is 2.92. The Kier molecular flexibility index (Phi) is 3.47. The molecule has 21 heavy (non-hydrogen) atoms. The Morgan fingerprint density at radius 2 is 2.05 bits per heavy atom. The molecule has 1 aromatic carbocycles. The van der Waals surface area contributed by atoms with Crippen molar-refractivity contribution < 1.29 is 4.79 Å². The molecule has 1 amide bonds. The lowest BCUT2D eigenvalue weighted by molar-refractivity contribution is 0.102. The Morgan fingerprint density at radius 3 is 2.90 bits per heavy atom. The van der Waals surface area contributed by atoms with E-state index in [0.717, 1.165) is 16.6 Å². The molecule has 0 aliphatic heterocycles. The number of carbonyl (C=O) groups excluding carboxylic acids is 1. The van der Waals surface area contributed by atoms with Gasteiger partial charge in [0.25, 0.3) is 5.91 Å². The molecule has 0 aliphatic rings. The first-order valence-electron chi connectivity index (χ1n) is 6.56. The minimum atomic E-state index is -0.176. The van der Waals surface area contributed by atoms with E-state index in [1.807, 2.05) is 30.3 Å². The van der Waals surface area contributed by atoms with Crippen LogP contribution < -0.4 is 10.6 Å². The second-order valence-corrected chi connectivity index (χ2v) is 4.54. The molecule has 0 unspecified atom stereocenters. The van der Waals surface area contributed by atoms with E-state index in [9.17, 15) is 4.79 Å². The first-order valence-corrected chi connectivity index (χ1v) is 6.56. The van der Waals surface area contributed by atoms with Gasteiger partial charge in [-0.3, -0.25) is 14.8 Å². The van der Waals surface area contributed by atoms with E-state index in [0.29, 0.717) is 11.3 Å². The molecule has 5 nitrogen and oxygen atoms in total. The molecule has 0 saturated heterocycles. The van der Waals surface area contributed by atoms with Gasteiger partial charge in [0.2, 0.25) is 0 Å².